The van der Waals surface area contributed by atoms with E-state index >= 15 is 0 Å². The summed E-state index contributed by atoms with van der Waals surface area (Å²) in [5.41, 5.74) is 15.4. The van der Waals surface area contributed by atoms with E-state index in [9.17, 15) is 0 Å². The van der Waals surface area contributed by atoms with E-state index in [2.05, 4.69) is 200 Å². The average Bonchev–Trinajstić information content (AvgIpc) is 3.84. The zero-order chi connectivity index (χ0) is 40.1. The lowest BCUT2D eigenvalue weighted by Gasteiger charge is -2.39. The van der Waals surface area contributed by atoms with Gasteiger partial charge in [0, 0.05) is 32.3 Å². The van der Waals surface area contributed by atoms with Crippen molar-refractivity contribution in [1.29, 1.82) is 0 Å². The molecule has 3 nitrogen and oxygen atoms in total. The van der Waals surface area contributed by atoms with E-state index in [0.717, 1.165) is 66.4 Å². The van der Waals surface area contributed by atoms with Gasteiger partial charge in [0.15, 0.2) is 5.82 Å². The van der Waals surface area contributed by atoms with Gasteiger partial charge in [0.05, 0.1) is 21.3 Å². The van der Waals surface area contributed by atoms with Crippen LogP contribution in [0.1, 0.15) is 22.3 Å². The van der Waals surface area contributed by atoms with Crippen LogP contribution in [-0.4, -0.2) is 9.97 Å². The molecule has 61 heavy (non-hydrogen) atoms. The normalized spacial score (nSPS) is 14.8. The monoisotopic (exact) mass is 794 g/mol. The lowest BCUT2D eigenvalue weighted by molar-refractivity contribution is 0.437. The van der Waals surface area contributed by atoms with Crippen LogP contribution < -0.4 is 4.74 Å². The lowest BCUT2D eigenvalue weighted by atomic mass is 9.65. The Morgan fingerprint density at radius 1 is 0.393 bits per heavy atom. The second kappa shape index (κ2) is 13.2. The first-order valence-electron chi connectivity index (χ1n) is 20.7. The van der Waals surface area contributed by atoms with E-state index in [4.69, 9.17) is 14.7 Å². The molecule has 2 aromatic heterocycles. The molecule has 3 heterocycles. The second-order valence-electron chi connectivity index (χ2n) is 16.0. The largest absolute Gasteiger partial charge is 0.457 e. The van der Waals surface area contributed by atoms with Crippen LogP contribution in [-0.2, 0) is 5.41 Å². The average molecular weight is 795 g/mol. The van der Waals surface area contributed by atoms with Crippen LogP contribution in [0, 0.1) is 0 Å². The van der Waals surface area contributed by atoms with Gasteiger partial charge < -0.3 is 4.74 Å². The van der Waals surface area contributed by atoms with E-state index in [1.54, 1.807) is 11.3 Å². The summed E-state index contributed by atoms with van der Waals surface area (Å²) in [5, 5.41) is 3.50. The van der Waals surface area contributed by atoms with Crippen molar-refractivity contribution in [3.8, 4) is 67.5 Å². The Hall–Kier alpha value is -7.66. The number of nitrogens with zero attached hydrogens (tertiary/aromatic N) is 2. The number of aromatic nitrogens is 2. The molecule has 0 radical (unpaired) electrons. The summed E-state index contributed by atoms with van der Waals surface area (Å²) >= 11 is 1.78. The Morgan fingerprint density at radius 3 is 1.85 bits per heavy atom. The van der Waals surface area contributed by atoms with Gasteiger partial charge >= 0.3 is 0 Å². The van der Waals surface area contributed by atoms with E-state index in [1.807, 2.05) is 6.07 Å². The molecule has 0 fully saturated rings. The zero-order valence-corrected chi connectivity index (χ0v) is 33.7. The Balaban J connectivity index is 1.04. The van der Waals surface area contributed by atoms with Crippen molar-refractivity contribution in [2.24, 2.45) is 0 Å². The molecule has 2 aliphatic rings. The third-order valence-electron chi connectivity index (χ3n) is 12.8. The third kappa shape index (κ3) is 5.03. The molecular formula is C57H34N2OS. The molecule has 1 atom stereocenters. The molecule has 1 unspecified atom stereocenters. The minimum atomic E-state index is -0.558. The van der Waals surface area contributed by atoms with Crippen molar-refractivity contribution in [3.63, 3.8) is 0 Å². The maximum absolute atomic E-state index is 6.78. The number of hydrogen-bond donors (Lipinski definition) is 0. The number of ether oxygens (including phenoxy) is 1. The summed E-state index contributed by atoms with van der Waals surface area (Å²) in [6, 6.07) is 74.3. The SMILES string of the molecule is c1ccc(-c2ccc3c(c2)sc2c(-c4ccccc4-c4ccc5c(c4)-c4ccccc4C54c5ccccc5Oc5cc6ccccc6cc54)nc(-c4ccccc4)nc23)cc1. The number of fused-ring (bicyclic) bond motifs is 13. The molecule has 1 aliphatic carbocycles. The predicted molar refractivity (Wildman–Crippen MR) is 252 cm³/mol. The summed E-state index contributed by atoms with van der Waals surface area (Å²) in [6.45, 7) is 0. The van der Waals surface area contributed by atoms with Crippen molar-refractivity contribution in [2.45, 2.75) is 5.41 Å². The number of hydrogen-bond acceptors (Lipinski definition) is 4. The van der Waals surface area contributed by atoms with Gasteiger partial charge in [-0.15, -0.1) is 11.3 Å². The number of rotatable bonds is 4. The Kier molecular flexibility index (Phi) is 7.39. The van der Waals surface area contributed by atoms with Gasteiger partial charge in [-0.3, -0.25) is 0 Å². The smallest absolute Gasteiger partial charge is 0.160 e. The highest BCUT2D eigenvalue weighted by molar-refractivity contribution is 7.26. The van der Waals surface area contributed by atoms with Crippen molar-refractivity contribution in [1.82, 2.24) is 9.97 Å². The molecule has 4 heteroatoms. The molecule has 0 saturated heterocycles. The van der Waals surface area contributed by atoms with Gasteiger partial charge in [-0.2, -0.15) is 0 Å². The minimum absolute atomic E-state index is 0.558. The summed E-state index contributed by atoms with van der Waals surface area (Å²) in [6.07, 6.45) is 0. The van der Waals surface area contributed by atoms with Gasteiger partial charge in [-0.25, -0.2) is 9.97 Å². The molecule has 0 N–H and O–H groups in total. The van der Waals surface area contributed by atoms with E-state index in [-0.39, 0.29) is 0 Å². The fourth-order valence-electron chi connectivity index (χ4n) is 10.1. The molecule has 13 rings (SSSR count). The fraction of sp³-hybridized carbons (Fsp3) is 0.0175. The van der Waals surface area contributed by atoms with Gasteiger partial charge in [-0.1, -0.05) is 176 Å². The zero-order valence-electron chi connectivity index (χ0n) is 32.8. The number of benzene rings is 9. The molecule has 0 bridgehead atoms. The first kappa shape index (κ1) is 34.2. The van der Waals surface area contributed by atoms with Crippen LogP contribution >= 0.6 is 11.3 Å². The van der Waals surface area contributed by atoms with Gasteiger partial charge in [0.1, 0.15) is 11.5 Å². The highest BCUT2D eigenvalue weighted by Gasteiger charge is 2.51. The van der Waals surface area contributed by atoms with Crippen LogP contribution in [0.2, 0.25) is 0 Å². The van der Waals surface area contributed by atoms with Crippen LogP contribution in [0.5, 0.6) is 11.5 Å². The standard InChI is InChI=1S/C57H34N2OS/c1-3-15-35(16-4-1)39-27-29-44-52(34-39)61-55-53(58-56(59-54(44)55)36-17-5-2-6-18-36)43-23-10-9-21-41(43)40-28-30-47-45(31-40)42-22-11-12-24-46(42)57(47)48-25-13-14-26-50(48)60-51-33-38-20-8-7-19-37(38)32-49(51)57/h1-34H. The summed E-state index contributed by atoms with van der Waals surface area (Å²) in [5.74, 6) is 2.51. The summed E-state index contributed by atoms with van der Waals surface area (Å²) in [7, 11) is 0. The predicted octanol–water partition coefficient (Wildman–Crippen LogP) is 15.1. The molecule has 11 aromatic rings. The van der Waals surface area contributed by atoms with Crippen LogP contribution in [0.4, 0.5) is 0 Å². The van der Waals surface area contributed by atoms with E-state index in [1.165, 1.54) is 54.4 Å². The second-order valence-corrected chi connectivity index (χ2v) is 17.1. The van der Waals surface area contributed by atoms with Crippen LogP contribution in [0.3, 0.4) is 0 Å². The maximum atomic E-state index is 6.78. The molecule has 284 valence electrons. The Labute approximate surface area is 356 Å². The molecule has 1 aliphatic heterocycles. The van der Waals surface area contributed by atoms with Crippen LogP contribution in [0.25, 0.3) is 87.1 Å². The third-order valence-corrected chi connectivity index (χ3v) is 13.9. The topological polar surface area (TPSA) is 35.0 Å². The van der Waals surface area contributed by atoms with Crippen molar-refractivity contribution in [3.05, 3.63) is 229 Å². The minimum Gasteiger partial charge on any atom is -0.457 e. The van der Waals surface area contributed by atoms with Crippen LogP contribution in [0.15, 0.2) is 206 Å². The lowest BCUT2D eigenvalue weighted by Crippen LogP contribution is -2.32. The van der Waals surface area contributed by atoms with Gasteiger partial charge in [-0.05, 0) is 85.6 Å². The molecule has 9 aromatic carbocycles. The number of para-hydroxylation sites is 1. The Bertz CT molecular complexity index is 3570. The quantitative estimate of drug-likeness (QED) is 0.178. The van der Waals surface area contributed by atoms with Crippen molar-refractivity contribution >= 4 is 42.4 Å². The van der Waals surface area contributed by atoms with Crippen molar-refractivity contribution in [2.75, 3.05) is 0 Å². The first-order chi connectivity index (χ1) is 30.2. The summed E-state index contributed by atoms with van der Waals surface area (Å²) < 4.78 is 9.05. The van der Waals surface area contributed by atoms with E-state index < -0.39 is 5.41 Å². The van der Waals surface area contributed by atoms with Gasteiger partial charge in [0.2, 0.25) is 0 Å². The van der Waals surface area contributed by atoms with E-state index in [0.29, 0.717) is 0 Å². The molecule has 0 saturated carbocycles. The molecule has 1 spiro atoms. The highest BCUT2D eigenvalue weighted by atomic mass is 32.1. The van der Waals surface area contributed by atoms with Crippen molar-refractivity contribution < 1.29 is 4.74 Å². The molecule has 0 amide bonds. The highest BCUT2D eigenvalue weighted by Crippen LogP contribution is 2.63. The fourth-order valence-corrected chi connectivity index (χ4v) is 11.2. The molecular weight excluding hydrogens is 761 g/mol. The Morgan fingerprint density at radius 2 is 1.03 bits per heavy atom. The van der Waals surface area contributed by atoms with Gasteiger partial charge in [0.25, 0.3) is 0 Å². The summed E-state index contributed by atoms with van der Waals surface area (Å²) in [4.78, 5) is 10.7. The maximum Gasteiger partial charge on any atom is 0.160 e. The number of thiophene rings is 1. The first-order valence-corrected chi connectivity index (χ1v) is 21.5.